The van der Waals surface area contributed by atoms with Crippen LogP contribution in [0.25, 0.3) is 10.9 Å². The summed E-state index contributed by atoms with van der Waals surface area (Å²) in [5.41, 5.74) is 5.19. The molecular formula is C24H21ClF2N3O2P. The van der Waals surface area contributed by atoms with E-state index in [4.69, 9.17) is 27.9 Å². The van der Waals surface area contributed by atoms with Crippen LogP contribution in [0.3, 0.4) is 0 Å². The number of hydrogen-bond donors (Lipinski definition) is 3. The monoisotopic (exact) mass is 487 g/mol. The highest BCUT2D eigenvalue weighted by Gasteiger charge is 2.23. The minimum Gasteiger partial charge on any atom is -0.506 e. The Morgan fingerprint density at radius 3 is 2.42 bits per heavy atom. The van der Waals surface area contributed by atoms with Gasteiger partial charge in [-0.05, 0) is 35.9 Å². The molecule has 1 unspecified atom stereocenters. The number of nitrogens with zero attached hydrogens (tertiary/aromatic N) is 1. The van der Waals surface area contributed by atoms with E-state index in [1.54, 1.807) is 21.4 Å². The number of aromatic hydroxyl groups is 1. The number of nitrogens with one attached hydrogen (secondary N) is 1. The summed E-state index contributed by atoms with van der Waals surface area (Å²) >= 11 is 5.50. The van der Waals surface area contributed by atoms with E-state index in [0.29, 0.717) is 6.54 Å². The van der Waals surface area contributed by atoms with Crippen molar-refractivity contribution in [2.24, 2.45) is 5.73 Å². The second-order valence-electron chi connectivity index (χ2n) is 7.22. The zero-order chi connectivity index (χ0) is 24.2. The fraction of sp³-hybridized carbons (Fsp3) is 0.0833. The summed E-state index contributed by atoms with van der Waals surface area (Å²) in [5, 5.41) is 17.5. The van der Waals surface area contributed by atoms with Crippen molar-refractivity contribution >= 4 is 43.9 Å². The maximum Gasteiger partial charge on any atom is 0.283 e. The van der Waals surface area contributed by atoms with Gasteiger partial charge in [0.15, 0.2) is 0 Å². The van der Waals surface area contributed by atoms with Gasteiger partial charge in [-0.25, -0.2) is 0 Å². The van der Waals surface area contributed by atoms with Gasteiger partial charge in [0.05, 0.1) is 5.02 Å². The van der Waals surface area contributed by atoms with Crippen molar-refractivity contribution in [2.75, 3.05) is 0 Å². The number of alkyl halides is 2. The van der Waals surface area contributed by atoms with Crippen molar-refractivity contribution in [3.63, 3.8) is 0 Å². The molecule has 4 rings (SSSR count). The zero-order valence-corrected chi connectivity index (χ0v) is 19.2. The lowest BCUT2D eigenvalue weighted by molar-refractivity contribution is 0.0999. The molecular weight excluding hydrogens is 467 g/mol. The smallest absolute Gasteiger partial charge is 0.283 e. The largest absolute Gasteiger partial charge is 0.506 e. The number of carbonyl (C=O) groups excluding carboxylic acids is 1. The Kier molecular flexibility index (Phi) is 7.46. The van der Waals surface area contributed by atoms with Crippen LogP contribution in [0.15, 0.2) is 72.9 Å². The fourth-order valence-electron chi connectivity index (χ4n) is 3.20. The number of halogens is 3. The third-order valence-corrected chi connectivity index (χ3v) is 5.56. The molecule has 9 heteroatoms. The molecule has 33 heavy (non-hydrogen) atoms. The van der Waals surface area contributed by atoms with Gasteiger partial charge in [0, 0.05) is 46.5 Å². The van der Waals surface area contributed by atoms with Crippen LogP contribution < -0.4 is 5.73 Å². The van der Waals surface area contributed by atoms with Crippen LogP contribution in [-0.2, 0) is 12.2 Å². The molecule has 0 saturated carbocycles. The Morgan fingerprint density at radius 2 is 1.85 bits per heavy atom. The maximum atomic E-state index is 13.2. The number of rotatable bonds is 5. The number of hydrogen-bond acceptors (Lipinski definition) is 3. The number of phenols is 1. The Hall–Kier alpha value is -3.28. The highest BCUT2D eigenvalue weighted by molar-refractivity contribution is 7.17. The van der Waals surface area contributed by atoms with Crippen molar-refractivity contribution in [1.29, 1.82) is 5.41 Å². The third kappa shape index (κ3) is 5.95. The normalized spacial score (nSPS) is 11.0. The van der Waals surface area contributed by atoms with Gasteiger partial charge in [0.25, 0.3) is 5.66 Å². The third-order valence-electron chi connectivity index (χ3n) is 4.93. The molecule has 0 bridgehead atoms. The molecule has 0 aliphatic heterocycles. The molecule has 0 aliphatic rings. The molecule has 1 amide bonds. The Bertz CT molecular complexity index is 1300. The molecule has 170 valence electrons. The SMILES string of the molecule is N=Cc1cccc2c1ccn2Cc1ccc(C(F)(F)P)cc1.NC(=O)c1ccc(O)c(Cl)c1. The molecule has 1 heterocycles. The van der Waals surface area contributed by atoms with Gasteiger partial charge in [-0.3, -0.25) is 4.79 Å². The zero-order valence-electron chi connectivity index (χ0n) is 17.3. The Morgan fingerprint density at radius 1 is 1.15 bits per heavy atom. The van der Waals surface area contributed by atoms with Crippen molar-refractivity contribution in [3.8, 4) is 5.75 Å². The van der Waals surface area contributed by atoms with E-state index in [-0.39, 0.29) is 21.9 Å². The average Bonchev–Trinajstić information content (AvgIpc) is 3.18. The molecule has 4 aromatic rings. The first kappa shape index (κ1) is 24.4. The van der Waals surface area contributed by atoms with Crippen LogP contribution >= 0.6 is 20.8 Å². The predicted molar refractivity (Wildman–Crippen MR) is 131 cm³/mol. The lowest BCUT2D eigenvalue weighted by Crippen LogP contribution is -2.10. The number of primary amides is 1. The highest BCUT2D eigenvalue weighted by Crippen LogP contribution is 2.34. The van der Waals surface area contributed by atoms with Gasteiger partial charge >= 0.3 is 0 Å². The number of benzene rings is 3. The van der Waals surface area contributed by atoms with Gasteiger partial charge in [-0.1, -0.05) is 57.2 Å². The van der Waals surface area contributed by atoms with Crippen LogP contribution in [-0.4, -0.2) is 21.8 Å². The number of phenolic OH excluding ortho intramolecular Hbond substituents is 1. The van der Waals surface area contributed by atoms with E-state index < -0.39 is 11.6 Å². The standard InChI is InChI=1S/C17H15F2N2P.C7H6ClNO2/c18-17(19,22)14-6-4-12(5-7-14)11-21-9-8-15-13(10-20)2-1-3-16(15)21;8-5-3-4(7(9)11)1-2-6(5)10/h1-10,20H,11,22H2;1-3,10H,(H2,9,11). The van der Waals surface area contributed by atoms with Crippen LogP contribution in [0, 0.1) is 5.41 Å². The fourth-order valence-corrected chi connectivity index (χ4v) is 3.57. The molecule has 5 nitrogen and oxygen atoms in total. The number of aromatic nitrogens is 1. The van der Waals surface area contributed by atoms with E-state index in [9.17, 15) is 13.6 Å². The molecule has 4 N–H and O–H groups in total. The van der Waals surface area contributed by atoms with Crippen LogP contribution in [0.1, 0.15) is 27.0 Å². The second-order valence-corrected chi connectivity index (χ2v) is 8.35. The number of carbonyl (C=O) groups is 1. The van der Waals surface area contributed by atoms with Crippen molar-refractivity contribution in [2.45, 2.75) is 12.2 Å². The van der Waals surface area contributed by atoms with Gasteiger partial charge in [-0.15, -0.1) is 0 Å². The number of amides is 1. The van der Waals surface area contributed by atoms with Gasteiger partial charge in [0.2, 0.25) is 5.91 Å². The summed E-state index contributed by atoms with van der Waals surface area (Å²) in [4.78, 5) is 10.5. The molecule has 0 saturated heterocycles. The summed E-state index contributed by atoms with van der Waals surface area (Å²) in [7, 11) is 1.55. The van der Waals surface area contributed by atoms with E-state index in [2.05, 4.69) is 4.57 Å². The quantitative estimate of drug-likeness (QED) is 0.247. The van der Waals surface area contributed by atoms with Gasteiger partial charge in [0.1, 0.15) is 5.75 Å². The molecule has 0 radical (unpaired) electrons. The maximum absolute atomic E-state index is 13.2. The second kappa shape index (κ2) is 10.1. The first-order chi connectivity index (χ1) is 15.6. The average molecular weight is 488 g/mol. The molecule has 1 aromatic heterocycles. The van der Waals surface area contributed by atoms with Crippen LogP contribution in [0.4, 0.5) is 8.78 Å². The minimum absolute atomic E-state index is 0.00953. The van der Waals surface area contributed by atoms with Gasteiger partial charge < -0.3 is 20.8 Å². The van der Waals surface area contributed by atoms with Crippen molar-refractivity contribution < 1.29 is 18.7 Å². The summed E-state index contributed by atoms with van der Waals surface area (Å²) in [6, 6.07) is 18.2. The first-order valence-electron chi connectivity index (χ1n) is 9.73. The van der Waals surface area contributed by atoms with E-state index >= 15 is 0 Å². The number of fused-ring (bicyclic) bond motifs is 1. The summed E-state index contributed by atoms with van der Waals surface area (Å²) in [5.74, 6) is -0.622. The lowest BCUT2D eigenvalue weighted by atomic mass is 10.1. The Balaban J connectivity index is 0.000000235. The summed E-state index contributed by atoms with van der Waals surface area (Å²) in [6.45, 7) is 0.605. The topological polar surface area (TPSA) is 92.1 Å². The molecule has 1 atom stereocenters. The van der Waals surface area contributed by atoms with Crippen molar-refractivity contribution in [1.82, 2.24) is 4.57 Å². The molecule has 0 spiro atoms. The van der Waals surface area contributed by atoms with E-state index in [1.165, 1.54) is 36.5 Å². The predicted octanol–water partition coefficient (Wildman–Crippen LogP) is 5.76. The van der Waals surface area contributed by atoms with Crippen LogP contribution in [0.5, 0.6) is 5.75 Å². The molecule has 0 fully saturated rings. The molecule has 0 aliphatic carbocycles. The minimum atomic E-state index is -2.89. The van der Waals surface area contributed by atoms with E-state index in [1.807, 2.05) is 30.5 Å². The molecule has 3 aromatic carbocycles. The van der Waals surface area contributed by atoms with E-state index in [0.717, 1.165) is 22.0 Å². The lowest BCUT2D eigenvalue weighted by Gasteiger charge is -2.11. The first-order valence-corrected chi connectivity index (χ1v) is 10.7. The number of nitrogens with two attached hydrogens (primary N) is 1. The Labute approximate surface area is 196 Å². The highest BCUT2D eigenvalue weighted by atomic mass is 35.5. The van der Waals surface area contributed by atoms with Crippen molar-refractivity contribution in [3.05, 3.63) is 100 Å². The van der Waals surface area contributed by atoms with Crippen LogP contribution in [0.2, 0.25) is 5.02 Å². The summed E-state index contributed by atoms with van der Waals surface area (Å²) < 4.78 is 28.4. The summed E-state index contributed by atoms with van der Waals surface area (Å²) in [6.07, 6.45) is 3.29. The van der Waals surface area contributed by atoms with Gasteiger partial charge in [-0.2, -0.15) is 8.78 Å².